The molecule has 0 spiro atoms. The minimum atomic E-state index is -4.73. The second-order valence-corrected chi connectivity index (χ2v) is 11.5. The number of carbonyl (C=O) groups excluding carboxylic acids is 3. The van der Waals surface area contributed by atoms with E-state index in [2.05, 4.69) is 36.1 Å². The van der Waals surface area contributed by atoms with Gasteiger partial charge in [0.15, 0.2) is 11.5 Å². The first kappa shape index (κ1) is 31.8. The van der Waals surface area contributed by atoms with Crippen LogP contribution in [-0.4, -0.2) is 74.1 Å². The van der Waals surface area contributed by atoms with Crippen LogP contribution in [0.3, 0.4) is 0 Å². The summed E-state index contributed by atoms with van der Waals surface area (Å²) in [4.78, 5) is 46.4. The molecule has 1 aliphatic carbocycles. The minimum absolute atomic E-state index is 0.0120. The van der Waals surface area contributed by atoms with Crippen molar-refractivity contribution >= 4 is 35.1 Å². The Kier molecular flexibility index (Phi) is 9.30. The maximum atomic E-state index is 13.4. The van der Waals surface area contributed by atoms with E-state index >= 15 is 0 Å². The lowest BCUT2D eigenvalue weighted by Crippen LogP contribution is -2.57. The van der Waals surface area contributed by atoms with Crippen molar-refractivity contribution in [3.05, 3.63) is 63.5 Å². The van der Waals surface area contributed by atoms with E-state index in [-0.39, 0.29) is 76.0 Å². The number of hydrogen-bond donors (Lipinski definition) is 6. The van der Waals surface area contributed by atoms with E-state index in [4.69, 9.17) is 22.6 Å². The van der Waals surface area contributed by atoms with Gasteiger partial charge in [-0.3, -0.25) is 14.7 Å². The summed E-state index contributed by atoms with van der Waals surface area (Å²) in [6.45, 7) is 1.20. The van der Waals surface area contributed by atoms with Crippen LogP contribution in [0, 0.1) is 11.3 Å². The number of nitriles is 1. The summed E-state index contributed by atoms with van der Waals surface area (Å²) >= 11 is 6.34. The van der Waals surface area contributed by atoms with Crippen molar-refractivity contribution in [3.63, 3.8) is 0 Å². The van der Waals surface area contributed by atoms with Gasteiger partial charge in [0.05, 0.1) is 28.8 Å². The quantitative estimate of drug-likeness (QED) is 0.216. The molecule has 3 aromatic rings. The Morgan fingerprint density at radius 1 is 1.18 bits per heavy atom. The molecule has 2 aliphatic rings. The van der Waals surface area contributed by atoms with E-state index in [1.807, 2.05) is 0 Å². The zero-order valence-corrected chi connectivity index (χ0v) is 24.6. The molecule has 4 amide bonds. The van der Waals surface area contributed by atoms with E-state index in [9.17, 15) is 27.6 Å². The maximum absolute atomic E-state index is 13.4. The molecule has 7 N–H and O–H groups in total. The van der Waals surface area contributed by atoms with Crippen LogP contribution >= 0.6 is 11.6 Å². The lowest BCUT2D eigenvalue weighted by atomic mass is 9.86. The van der Waals surface area contributed by atoms with Gasteiger partial charge in [-0.05, 0) is 43.9 Å². The Labute approximate surface area is 260 Å². The predicted octanol–water partition coefficient (Wildman–Crippen LogP) is 3.11. The average molecular weight is 647 g/mol. The Morgan fingerprint density at radius 2 is 1.93 bits per heavy atom. The van der Waals surface area contributed by atoms with Gasteiger partial charge < -0.3 is 31.6 Å². The number of likely N-dealkylation sites (tertiary alicyclic amines) is 1. The van der Waals surface area contributed by atoms with Gasteiger partial charge >= 0.3 is 12.2 Å². The van der Waals surface area contributed by atoms with Gasteiger partial charge in [-0.15, -0.1) is 0 Å². The number of piperidine rings is 1. The number of rotatable bonds is 8. The van der Waals surface area contributed by atoms with Crippen LogP contribution in [0.1, 0.15) is 69.3 Å². The summed E-state index contributed by atoms with van der Waals surface area (Å²) in [5.41, 5.74) is 5.26. The molecular weight excluding hydrogens is 617 g/mol. The Morgan fingerprint density at radius 3 is 2.62 bits per heavy atom. The van der Waals surface area contributed by atoms with Crippen LogP contribution in [0.15, 0.2) is 24.4 Å². The molecule has 2 fully saturated rings. The molecule has 0 bridgehead atoms. The number of hydrogen-bond acceptors (Lipinski definition) is 7. The third-order valence-corrected chi connectivity index (χ3v) is 8.02. The largest absolute Gasteiger partial charge is 0.435 e. The molecule has 1 aromatic carbocycles. The summed E-state index contributed by atoms with van der Waals surface area (Å²) < 4.78 is 40.2. The van der Waals surface area contributed by atoms with Crippen molar-refractivity contribution in [3.8, 4) is 6.07 Å². The number of aromatic amines is 2. The highest BCUT2D eigenvalue weighted by atomic mass is 35.5. The minimum Gasteiger partial charge on any atom is -0.349 e. The first-order valence-electron chi connectivity index (χ1n) is 14.2. The molecule has 238 valence electrons. The molecule has 3 heterocycles. The van der Waals surface area contributed by atoms with Crippen LogP contribution in [0.2, 0.25) is 5.02 Å². The number of alkyl halides is 3. The van der Waals surface area contributed by atoms with E-state index in [0.29, 0.717) is 25.9 Å². The smallest absolute Gasteiger partial charge is 0.349 e. The molecule has 2 aromatic heterocycles. The highest BCUT2D eigenvalue weighted by Gasteiger charge is 2.38. The van der Waals surface area contributed by atoms with Crippen molar-refractivity contribution in [2.45, 2.75) is 62.8 Å². The molecule has 45 heavy (non-hydrogen) atoms. The zero-order chi connectivity index (χ0) is 32.3. The van der Waals surface area contributed by atoms with E-state index in [1.165, 1.54) is 24.4 Å². The second kappa shape index (κ2) is 13.2. The normalized spacial score (nSPS) is 19.7. The van der Waals surface area contributed by atoms with Crippen molar-refractivity contribution < 1.29 is 27.6 Å². The van der Waals surface area contributed by atoms with Crippen molar-refractivity contribution in [2.75, 3.05) is 18.4 Å². The molecule has 0 radical (unpaired) electrons. The highest BCUT2D eigenvalue weighted by molar-refractivity contribution is 6.34. The SMILES string of the molecule is N#CCc1[nH]nc(C(F)(F)F)c1Cc1cnc(C(=O)Nc2ccc(C(=O)NC3CC(NC(=O)N4CCCC(N)C4)C3)c(Cl)c2)[nH]1. The number of imidazole rings is 1. The molecule has 1 aliphatic heterocycles. The summed E-state index contributed by atoms with van der Waals surface area (Å²) in [6.07, 6.45) is -1.18. The number of halogens is 4. The van der Waals surface area contributed by atoms with Crippen LogP contribution in [0.25, 0.3) is 0 Å². The van der Waals surface area contributed by atoms with Crippen molar-refractivity contribution in [1.82, 2.24) is 35.7 Å². The molecule has 1 unspecified atom stereocenters. The molecule has 1 atom stereocenters. The number of urea groups is 1. The van der Waals surface area contributed by atoms with Crippen LogP contribution < -0.4 is 21.7 Å². The summed E-state index contributed by atoms with van der Waals surface area (Å²) in [5, 5.41) is 23.0. The molecule has 13 nitrogen and oxygen atoms in total. The first-order valence-corrected chi connectivity index (χ1v) is 14.6. The van der Waals surface area contributed by atoms with Gasteiger partial charge in [0.1, 0.15) is 0 Å². The lowest BCUT2D eigenvalue weighted by molar-refractivity contribution is -0.141. The second-order valence-electron chi connectivity index (χ2n) is 11.1. The van der Waals surface area contributed by atoms with Gasteiger partial charge in [-0.1, -0.05) is 11.6 Å². The Hall–Kier alpha value is -4.62. The number of nitrogens with one attached hydrogen (secondary N) is 5. The number of carbonyl (C=O) groups is 3. The number of aromatic nitrogens is 4. The third-order valence-electron chi connectivity index (χ3n) is 7.71. The summed E-state index contributed by atoms with van der Waals surface area (Å²) in [5.74, 6) is -1.26. The number of benzene rings is 1. The number of nitrogens with two attached hydrogens (primary N) is 1. The number of amides is 4. The van der Waals surface area contributed by atoms with Crippen LogP contribution in [-0.2, 0) is 19.0 Å². The van der Waals surface area contributed by atoms with Crippen LogP contribution in [0.5, 0.6) is 0 Å². The topological polar surface area (TPSA) is 198 Å². The predicted molar refractivity (Wildman–Crippen MR) is 155 cm³/mol. The van der Waals surface area contributed by atoms with E-state index < -0.39 is 23.7 Å². The Balaban J connectivity index is 1.13. The van der Waals surface area contributed by atoms with Gasteiger partial charge in [0.25, 0.3) is 11.8 Å². The van der Waals surface area contributed by atoms with Crippen molar-refractivity contribution in [2.24, 2.45) is 5.73 Å². The number of anilines is 1. The fourth-order valence-electron chi connectivity index (χ4n) is 5.35. The molecule has 17 heteroatoms. The average Bonchev–Trinajstić information content (AvgIpc) is 3.59. The monoisotopic (exact) mass is 646 g/mol. The van der Waals surface area contributed by atoms with Crippen LogP contribution in [0.4, 0.5) is 23.7 Å². The lowest BCUT2D eigenvalue weighted by Gasteiger charge is -2.38. The van der Waals surface area contributed by atoms with Gasteiger partial charge in [0, 0.05) is 60.8 Å². The fraction of sp³-hybridized carbons (Fsp3) is 0.429. The van der Waals surface area contributed by atoms with Gasteiger partial charge in [-0.2, -0.15) is 23.5 Å². The summed E-state index contributed by atoms with van der Waals surface area (Å²) in [6, 6.07) is 5.76. The zero-order valence-electron chi connectivity index (χ0n) is 23.8. The van der Waals surface area contributed by atoms with E-state index in [0.717, 1.165) is 12.8 Å². The summed E-state index contributed by atoms with van der Waals surface area (Å²) in [7, 11) is 0. The maximum Gasteiger partial charge on any atom is 0.435 e. The van der Waals surface area contributed by atoms with Gasteiger partial charge in [0.2, 0.25) is 0 Å². The molecule has 1 saturated heterocycles. The molecule has 1 saturated carbocycles. The fourth-order valence-corrected chi connectivity index (χ4v) is 5.62. The molecular formula is C28H30ClF3N10O3. The standard InChI is InChI=1S/C28H30ClF3N10O3/c29-21-11-15(3-4-19(21)25(43)38-16-8-17(9-16)39-27(45)42-7-1-2-14(34)13-42)37-26(44)24-35-12-18(36-24)10-20-22(5-6-33)40-41-23(20)28(30,31)32/h3-4,11-12,14,16-17H,1-2,5,7-10,13,34H2,(H,35,36)(H,37,44)(H,38,43)(H,39,45)(H,40,41). The number of H-pyrrole nitrogens is 2. The van der Waals surface area contributed by atoms with Gasteiger partial charge in [-0.25, -0.2) is 9.78 Å². The molecule has 5 rings (SSSR count). The van der Waals surface area contributed by atoms with E-state index in [1.54, 1.807) is 11.0 Å². The number of nitrogens with zero attached hydrogens (tertiary/aromatic N) is 4. The Bertz CT molecular complexity index is 1630. The first-order chi connectivity index (χ1) is 21.4. The third kappa shape index (κ3) is 7.55. The highest BCUT2D eigenvalue weighted by Crippen LogP contribution is 2.33. The van der Waals surface area contributed by atoms with Crippen molar-refractivity contribution in [1.29, 1.82) is 5.26 Å².